The van der Waals surface area contributed by atoms with E-state index in [-0.39, 0.29) is 17.9 Å². The Labute approximate surface area is 176 Å². The van der Waals surface area contributed by atoms with E-state index in [2.05, 4.69) is 31.5 Å². The Hall–Kier alpha value is -1.40. The van der Waals surface area contributed by atoms with E-state index < -0.39 is 0 Å². The first-order valence-electron chi connectivity index (χ1n) is 10.7. The molecule has 1 saturated carbocycles. The molecule has 6 heteroatoms. The van der Waals surface area contributed by atoms with Crippen LogP contribution in [0.1, 0.15) is 61.7 Å². The fraction of sp³-hybridized carbons (Fsp3) is 0.636. The van der Waals surface area contributed by atoms with Crippen LogP contribution in [0, 0.1) is 5.92 Å². The summed E-state index contributed by atoms with van der Waals surface area (Å²) in [6, 6.07) is 7.48. The van der Waals surface area contributed by atoms with Crippen molar-refractivity contribution >= 4 is 27.7 Å². The highest BCUT2D eigenvalue weighted by Gasteiger charge is 2.23. The van der Waals surface area contributed by atoms with Gasteiger partial charge in [-0.25, -0.2) is 0 Å². The Morgan fingerprint density at radius 1 is 1.00 bits per heavy atom. The molecule has 0 radical (unpaired) electrons. The number of halogens is 1. The lowest BCUT2D eigenvalue weighted by atomic mass is 9.88. The molecule has 0 aromatic heterocycles. The van der Waals surface area contributed by atoms with Gasteiger partial charge in [0.1, 0.15) is 0 Å². The molecule has 2 fully saturated rings. The molecular weight excluding hydrogens is 418 g/mol. The Kier molecular flexibility index (Phi) is 8.34. The standard InChI is InChI=1S/C22H32BrN3O2/c23-19-8-6-18(7-9-19)22(28)24-13-10-21(27)25-20-11-14-26(15-12-20)16-17-4-2-1-3-5-17/h6-9,17,20H,1-5,10-16H2,(H,24,28)(H,25,27). The first-order chi connectivity index (χ1) is 13.6. The summed E-state index contributed by atoms with van der Waals surface area (Å²) in [4.78, 5) is 26.8. The van der Waals surface area contributed by atoms with Crippen LogP contribution in [0.2, 0.25) is 0 Å². The lowest BCUT2D eigenvalue weighted by molar-refractivity contribution is -0.122. The molecule has 3 rings (SSSR count). The number of carbonyl (C=O) groups is 2. The van der Waals surface area contributed by atoms with Gasteiger partial charge in [0, 0.05) is 48.7 Å². The summed E-state index contributed by atoms with van der Waals surface area (Å²) in [6.45, 7) is 3.77. The normalized spacial score (nSPS) is 19.3. The molecule has 2 aliphatic rings. The first-order valence-corrected chi connectivity index (χ1v) is 11.4. The molecule has 0 unspecified atom stereocenters. The highest BCUT2D eigenvalue weighted by molar-refractivity contribution is 9.10. The molecule has 28 heavy (non-hydrogen) atoms. The minimum atomic E-state index is -0.142. The molecule has 1 aromatic rings. The maximum atomic E-state index is 12.2. The van der Waals surface area contributed by atoms with Crippen LogP contribution in [0.5, 0.6) is 0 Å². The van der Waals surface area contributed by atoms with E-state index >= 15 is 0 Å². The molecule has 2 N–H and O–H groups in total. The lowest BCUT2D eigenvalue weighted by Gasteiger charge is -2.35. The predicted molar refractivity (Wildman–Crippen MR) is 115 cm³/mol. The van der Waals surface area contributed by atoms with E-state index in [1.54, 1.807) is 12.1 Å². The smallest absolute Gasteiger partial charge is 0.251 e. The van der Waals surface area contributed by atoms with Gasteiger partial charge in [-0.1, -0.05) is 35.2 Å². The van der Waals surface area contributed by atoms with Gasteiger partial charge in [0.05, 0.1) is 0 Å². The fourth-order valence-corrected chi connectivity index (χ4v) is 4.55. The maximum absolute atomic E-state index is 12.2. The third kappa shape index (κ3) is 6.89. The number of piperidine rings is 1. The van der Waals surface area contributed by atoms with Gasteiger partial charge in [-0.15, -0.1) is 0 Å². The van der Waals surface area contributed by atoms with Crippen LogP contribution in [0.15, 0.2) is 28.7 Å². The number of carbonyl (C=O) groups excluding carboxylic acids is 2. The van der Waals surface area contributed by atoms with Crippen LogP contribution in [-0.4, -0.2) is 48.9 Å². The van der Waals surface area contributed by atoms with Crippen molar-refractivity contribution in [1.82, 2.24) is 15.5 Å². The van der Waals surface area contributed by atoms with Crippen molar-refractivity contribution in [2.45, 2.75) is 57.4 Å². The van der Waals surface area contributed by atoms with E-state index in [9.17, 15) is 9.59 Å². The summed E-state index contributed by atoms with van der Waals surface area (Å²) in [5.41, 5.74) is 0.606. The van der Waals surface area contributed by atoms with Gasteiger partial charge in [-0.3, -0.25) is 9.59 Å². The molecule has 0 spiro atoms. The van der Waals surface area contributed by atoms with Gasteiger partial charge in [-0.05, 0) is 55.9 Å². The molecule has 1 aliphatic carbocycles. The van der Waals surface area contributed by atoms with Gasteiger partial charge >= 0.3 is 0 Å². The van der Waals surface area contributed by atoms with Crippen molar-refractivity contribution < 1.29 is 9.59 Å². The van der Waals surface area contributed by atoms with Crippen molar-refractivity contribution in [2.75, 3.05) is 26.2 Å². The number of nitrogens with zero attached hydrogens (tertiary/aromatic N) is 1. The minimum Gasteiger partial charge on any atom is -0.353 e. The van der Waals surface area contributed by atoms with Crippen molar-refractivity contribution in [2.24, 2.45) is 5.92 Å². The second-order valence-electron chi connectivity index (χ2n) is 8.16. The van der Waals surface area contributed by atoms with Crippen LogP contribution in [-0.2, 0) is 4.79 Å². The average Bonchev–Trinajstić information content (AvgIpc) is 2.71. The Balaban J connectivity index is 1.29. The number of hydrogen-bond acceptors (Lipinski definition) is 3. The topological polar surface area (TPSA) is 61.4 Å². The number of rotatable bonds is 7. The van der Waals surface area contributed by atoms with E-state index in [1.165, 1.54) is 38.6 Å². The Bertz CT molecular complexity index is 636. The second-order valence-corrected chi connectivity index (χ2v) is 9.07. The van der Waals surface area contributed by atoms with Crippen molar-refractivity contribution in [1.29, 1.82) is 0 Å². The SMILES string of the molecule is O=C(CCNC(=O)c1ccc(Br)cc1)NC1CCN(CC2CCCCC2)CC1. The van der Waals surface area contributed by atoms with E-state index in [0.717, 1.165) is 36.3 Å². The predicted octanol–water partition coefficient (Wildman–Crippen LogP) is 3.73. The van der Waals surface area contributed by atoms with Crippen molar-refractivity contribution in [3.8, 4) is 0 Å². The van der Waals surface area contributed by atoms with Crippen LogP contribution in [0.3, 0.4) is 0 Å². The summed E-state index contributed by atoms with van der Waals surface area (Å²) in [5, 5.41) is 5.96. The molecular formula is C22H32BrN3O2. The monoisotopic (exact) mass is 449 g/mol. The minimum absolute atomic E-state index is 0.0295. The van der Waals surface area contributed by atoms with Gasteiger partial charge in [-0.2, -0.15) is 0 Å². The largest absolute Gasteiger partial charge is 0.353 e. The second kappa shape index (κ2) is 11.0. The maximum Gasteiger partial charge on any atom is 0.251 e. The van der Waals surface area contributed by atoms with Crippen LogP contribution in [0.25, 0.3) is 0 Å². The van der Waals surface area contributed by atoms with Gasteiger partial charge in [0.15, 0.2) is 0 Å². The number of amides is 2. The van der Waals surface area contributed by atoms with Crippen LogP contribution in [0.4, 0.5) is 0 Å². The zero-order valence-corrected chi connectivity index (χ0v) is 18.2. The molecule has 5 nitrogen and oxygen atoms in total. The third-order valence-corrected chi connectivity index (χ3v) is 6.47. The fourth-order valence-electron chi connectivity index (χ4n) is 4.29. The highest BCUT2D eigenvalue weighted by Crippen LogP contribution is 2.25. The summed E-state index contributed by atoms with van der Waals surface area (Å²) in [6.07, 6.45) is 9.38. The van der Waals surface area contributed by atoms with Gasteiger partial charge < -0.3 is 15.5 Å². The van der Waals surface area contributed by atoms with Gasteiger partial charge in [0.2, 0.25) is 5.91 Å². The number of likely N-dealkylation sites (tertiary alicyclic amines) is 1. The van der Waals surface area contributed by atoms with E-state index in [4.69, 9.17) is 0 Å². The van der Waals surface area contributed by atoms with Crippen molar-refractivity contribution in [3.05, 3.63) is 34.3 Å². The quantitative estimate of drug-likeness (QED) is 0.666. The zero-order chi connectivity index (χ0) is 19.8. The average molecular weight is 450 g/mol. The molecule has 154 valence electrons. The lowest BCUT2D eigenvalue weighted by Crippen LogP contribution is -2.46. The number of benzene rings is 1. The zero-order valence-electron chi connectivity index (χ0n) is 16.6. The first kappa shape index (κ1) is 21.3. The van der Waals surface area contributed by atoms with E-state index in [1.807, 2.05) is 12.1 Å². The summed E-state index contributed by atoms with van der Waals surface area (Å²) < 4.78 is 0.938. The molecule has 0 atom stereocenters. The van der Waals surface area contributed by atoms with Crippen LogP contribution < -0.4 is 10.6 Å². The molecule has 1 aliphatic heterocycles. The highest BCUT2D eigenvalue weighted by atomic mass is 79.9. The number of hydrogen-bond donors (Lipinski definition) is 2. The van der Waals surface area contributed by atoms with Gasteiger partial charge in [0.25, 0.3) is 5.91 Å². The summed E-state index contributed by atoms with van der Waals surface area (Å²) in [7, 11) is 0. The Morgan fingerprint density at radius 3 is 2.36 bits per heavy atom. The number of nitrogens with one attached hydrogen (secondary N) is 2. The molecule has 1 saturated heterocycles. The molecule has 2 amide bonds. The Morgan fingerprint density at radius 2 is 1.68 bits per heavy atom. The summed E-state index contributed by atoms with van der Waals surface area (Å²) >= 11 is 3.35. The molecule has 1 aromatic carbocycles. The van der Waals surface area contributed by atoms with Crippen LogP contribution >= 0.6 is 15.9 Å². The summed E-state index contributed by atoms with van der Waals surface area (Å²) in [5.74, 6) is 0.771. The van der Waals surface area contributed by atoms with Crippen molar-refractivity contribution in [3.63, 3.8) is 0 Å². The van der Waals surface area contributed by atoms with E-state index in [0.29, 0.717) is 18.5 Å². The molecule has 1 heterocycles. The molecule has 0 bridgehead atoms. The third-order valence-electron chi connectivity index (χ3n) is 5.94.